The summed E-state index contributed by atoms with van der Waals surface area (Å²) in [6.07, 6.45) is 5.14. The van der Waals surface area contributed by atoms with Crippen molar-refractivity contribution in [3.05, 3.63) is 126 Å². The van der Waals surface area contributed by atoms with Gasteiger partial charge in [-0.25, -0.2) is 8.78 Å². The van der Waals surface area contributed by atoms with E-state index in [9.17, 15) is 0 Å². The van der Waals surface area contributed by atoms with Crippen LogP contribution in [-0.2, 0) is 19.6 Å². The molecule has 0 fully saturated rings. The summed E-state index contributed by atoms with van der Waals surface area (Å²) in [6, 6.07) is 26.2. The van der Waals surface area contributed by atoms with Crippen molar-refractivity contribution < 1.29 is 8.78 Å². The average Bonchev–Trinajstić information content (AvgIpc) is 3.34. The summed E-state index contributed by atoms with van der Waals surface area (Å²) in [7, 11) is 0. The molecule has 0 saturated heterocycles. The quantitative estimate of drug-likeness (QED) is 0.237. The molecule has 0 aliphatic carbocycles. The van der Waals surface area contributed by atoms with Gasteiger partial charge < -0.3 is 4.90 Å². The molecule has 0 aliphatic heterocycles. The van der Waals surface area contributed by atoms with Gasteiger partial charge in [-0.1, -0.05) is 60.7 Å². The van der Waals surface area contributed by atoms with Crippen molar-refractivity contribution >= 4 is 5.69 Å². The third-order valence-corrected chi connectivity index (χ3v) is 6.16. The lowest BCUT2D eigenvalue weighted by molar-refractivity contribution is 0.580. The van der Waals surface area contributed by atoms with Gasteiger partial charge in [0.25, 0.3) is 0 Å². The number of anilines is 1. The first-order chi connectivity index (χ1) is 17.6. The molecule has 5 rings (SSSR count). The molecule has 0 aliphatic rings. The van der Waals surface area contributed by atoms with E-state index in [-0.39, 0.29) is 11.3 Å². The van der Waals surface area contributed by atoms with Gasteiger partial charge in [-0.2, -0.15) is 5.10 Å². The third kappa shape index (κ3) is 4.89. The number of benzene rings is 3. The molecule has 3 aromatic carbocycles. The fraction of sp³-hybridized carbons (Fsp3) is 0.133. The van der Waals surface area contributed by atoms with Crippen LogP contribution in [0.1, 0.15) is 18.1 Å². The number of nitrogens with zero attached hydrogens (tertiary/aromatic N) is 4. The molecule has 0 saturated carbocycles. The summed E-state index contributed by atoms with van der Waals surface area (Å²) in [5.74, 6) is -1.27. The van der Waals surface area contributed by atoms with Gasteiger partial charge in [0.05, 0.1) is 11.3 Å². The van der Waals surface area contributed by atoms with Gasteiger partial charge in [0.2, 0.25) is 0 Å². The molecule has 4 nitrogen and oxygen atoms in total. The predicted molar refractivity (Wildman–Crippen MR) is 139 cm³/mol. The van der Waals surface area contributed by atoms with E-state index < -0.39 is 11.6 Å². The lowest BCUT2D eigenvalue weighted by atomic mass is 10.0. The zero-order valence-electron chi connectivity index (χ0n) is 20.0. The molecular formula is C30H26F2N4. The minimum Gasteiger partial charge on any atom is -0.360 e. The Hall–Kier alpha value is -4.32. The highest BCUT2D eigenvalue weighted by Gasteiger charge is 2.25. The Bertz CT molecular complexity index is 1390. The van der Waals surface area contributed by atoms with Crippen LogP contribution in [-0.4, -0.2) is 14.8 Å². The number of hydrogen-bond acceptors (Lipinski definition) is 3. The summed E-state index contributed by atoms with van der Waals surface area (Å²) in [5.41, 5.74) is 4.00. The Kier molecular flexibility index (Phi) is 6.85. The number of rotatable bonds is 8. The maximum absolute atomic E-state index is 16.3. The van der Waals surface area contributed by atoms with E-state index in [4.69, 9.17) is 0 Å². The molecular weight excluding hydrogens is 454 g/mol. The summed E-state index contributed by atoms with van der Waals surface area (Å²) < 4.78 is 33.4. The highest BCUT2D eigenvalue weighted by molar-refractivity contribution is 5.82. The van der Waals surface area contributed by atoms with Crippen molar-refractivity contribution in [2.75, 3.05) is 4.90 Å². The molecule has 0 spiro atoms. The largest absolute Gasteiger partial charge is 0.360 e. The van der Waals surface area contributed by atoms with Gasteiger partial charge in [-0.05, 0) is 47.9 Å². The van der Waals surface area contributed by atoms with Gasteiger partial charge in [0.1, 0.15) is 11.5 Å². The van der Waals surface area contributed by atoms with E-state index in [1.807, 2.05) is 90.8 Å². The molecule has 36 heavy (non-hydrogen) atoms. The molecule has 0 radical (unpaired) electrons. The Morgan fingerprint density at radius 2 is 1.39 bits per heavy atom. The number of pyridine rings is 1. The standard InChI is InChI=1S/C30H26F2N4/c1-2-36-21-25(24-15-17-33-18-16-24)30(34-36)28-26(31)13-14-27(29(28)32)35(19-22-9-5-3-6-10-22)20-23-11-7-4-8-12-23/h3-18,21H,2,19-20H2,1H3. The van der Waals surface area contributed by atoms with Crippen LogP contribution in [0, 0.1) is 11.6 Å². The normalized spacial score (nSPS) is 11.0. The average molecular weight is 481 g/mol. The Balaban J connectivity index is 1.63. The SMILES string of the molecule is CCn1cc(-c2ccncc2)c(-c2c(F)ccc(N(Cc3ccccc3)Cc3ccccc3)c2F)n1. The number of halogens is 2. The van der Waals surface area contributed by atoms with Gasteiger partial charge in [-0.3, -0.25) is 9.67 Å². The molecule has 0 unspecified atom stereocenters. The Morgan fingerprint density at radius 1 is 0.778 bits per heavy atom. The molecule has 2 heterocycles. The monoisotopic (exact) mass is 480 g/mol. The van der Waals surface area contributed by atoms with Crippen molar-refractivity contribution in [2.24, 2.45) is 0 Å². The number of aryl methyl sites for hydroxylation is 1. The second-order valence-corrected chi connectivity index (χ2v) is 8.57. The summed E-state index contributed by atoms with van der Waals surface area (Å²) in [4.78, 5) is 6.01. The molecule has 0 N–H and O–H groups in total. The van der Waals surface area contributed by atoms with Crippen molar-refractivity contribution in [3.63, 3.8) is 0 Å². The summed E-state index contributed by atoms with van der Waals surface area (Å²) in [6.45, 7) is 3.46. The highest BCUT2D eigenvalue weighted by Crippen LogP contribution is 2.38. The number of aromatic nitrogens is 3. The maximum atomic E-state index is 16.3. The lowest BCUT2D eigenvalue weighted by Gasteiger charge is -2.26. The van der Waals surface area contributed by atoms with Crippen LogP contribution in [0.5, 0.6) is 0 Å². The van der Waals surface area contributed by atoms with Crippen molar-refractivity contribution in [3.8, 4) is 22.4 Å². The van der Waals surface area contributed by atoms with Crippen molar-refractivity contribution in [2.45, 2.75) is 26.6 Å². The topological polar surface area (TPSA) is 34.0 Å². The summed E-state index contributed by atoms with van der Waals surface area (Å²) >= 11 is 0. The first-order valence-electron chi connectivity index (χ1n) is 11.9. The molecule has 5 aromatic rings. The molecule has 0 atom stereocenters. The highest BCUT2D eigenvalue weighted by atomic mass is 19.1. The smallest absolute Gasteiger partial charge is 0.158 e. The second-order valence-electron chi connectivity index (χ2n) is 8.57. The molecule has 0 amide bonds. The van der Waals surface area contributed by atoms with Crippen LogP contribution in [0.15, 0.2) is 104 Å². The minimum absolute atomic E-state index is 0.127. The fourth-order valence-electron chi connectivity index (χ4n) is 4.35. The van der Waals surface area contributed by atoms with E-state index in [0.717, 1.165) is 16.7 Å². The van der Waals surface area contributed by atoms with Gasteiger partial charge in [0.15, 0.2) is 5.82 Å². The van der Waals surface area contributed by atoms with Crippen LogP contribution < -0.4 is 4.90 Å². The van der Waals surface area contributed by atoms with E-state index in [1.165, 1.54) is 12.1 Å². The van der Waals surface area contributed by atoms with Crippen molar-refractivity contribution in [1.29, 1.82) is 0 Å². The van der Waals surface area contributed by atoms with E-state index in [0.29, 0.717) is 30.9 Å². The van der Waals surface area contributed by atoms with Gasteiger partial charge >= 0.3 is 0 Å². The summed E-state index contributed by atoms with van der Waals surface area (Å²) in [5, 5.41) is 4.56. The van der Waals surface area contributed by atoms with Crippen LogP contribution in [0.25, 0.3) is 22.4 Å². The molecule has 180 valence electrons. The lowest BCUT2D eigenvalue weighted by Crippen LogP contribution is -2.23. The van der Waals surface area contributed by atoms with E-state index in [2.05, 4.69) is 10.1 Å². The first kappa shape index (κ1) is 23.4. The zero-order chi connectivity index (χ0) is 24.9. The molecule has 6 heteroatoms. The fourth-order valence-corrected chi connectivity index (χ4v) is 4.35. The molecule has 2 aromatic heterocycles. The van der Waals surface area contributed by atoms with E-state index >= 15 is 8.78 Å². The van der Waals surface area contributed by atoms with Crippen LogP contribution in [0.3, 0.4) is 0 Å². The van der Waals surface area contributed by atoms with Crippen molar-refractivity contribution in [1.82, 2.24) is 14.8 Å². The maximum Gasteiger partial charge on any atom is 0.158 e. The van der Waals surface area contributed by atoms with Crippen LogP contribution in [0.4, 0.5) is 14.5 Å². The minimum atomic E-state index is -0.646. The first-order valence-corrected chi connectivity index (χ1v) is 11.9. The Labute approximate surface area is 209 Å². The molecule has 0 bridgehead atoms. The van der Waals surface area contributed by atoms with E-state index in [1.54, 1.807) is 17.1 Å². The second kappa shape index (κ2) is 10.5. The van der Waals surface area contributed by atoms with Crippen LogP contribution >= 0.6 is 0 Å². The van der Waals surface area contributed by atoms with Gasteiger partial charge in [0, 0.05) is 43.8 Å². The van der Waals surface area contributed by atoms with Crippen LogP contribution in [0.2, 0.25) is 0 Å². The predicted octanol–water partition coefficient (Wildman–Crippen LogP) is 7.12. The zero-order valence-corrected chi connectivity index (χ0v) is 20.0. The number of hydrogen-bond donors (Lipinski definition) is 0. The Morgan fingerprint density at radius 3 is 1.97 bits per heavy atom. The van der Waals surface area contributed by atoms with Gasteiger partial charge in [-0.15, -0.1) is 0 Å². The third-order valence-electron chi connectivity index (χ3n) is 6.16.